The third-order valence-corrected chi connectivity index (χ3v) is 3.04. The van der Waals surface area contributed by atoms with Crippen LogP contribution in [-0.2, 0) is 19.1 Å². The van der Waals surface area contributed by atoms with Crippen LogP contribution in [0, 0.1) is 0 Å². The summed E-state index contributed by atoms with van der Waals surface area (Å²) >= 11 is 0. The van der Waals surface area contributed by atoms with Gasteiger partial charge in [-0.1, -0.05) is 31.8 Å². The molecule has 0 saturated heterocycles. The minimum Gasteiger partial charge on any atom is -0.481 e. The molecule has 0 rings (SSSR count). The first kappa shape index (κ1) is 19.4. The van der Waals surface area contributed by atoms with Crippen LogP contribution in [0.2, 0.25) is 0 Å². The summed E-state index contributed by atoms with van der Waals surface area (Å²) in [6, 6.07) is 0. The van der Waals surface area contributed by atoms with Crippen molar-refractivity contribution in [1.82, 2.24) is 0 Å². The Bertz CT molecular complexity index is 336. The maximum Gasteiger partial charge on any atom is 0.313 e. The van der Waals surface area contributed by atoms with Gasteiger partial charge in [0.05, 0.1) is 0 Å². The van der Waals surface area contributed by atoms with Gasteiger partial charge in [0.15, 0.2) is 0 Å². The molecule has 0 heterocycles. The van der Waals surface area contributed by atoms with E-state index in [-0.39, 0.29) is 25.7 Å². The molecule has 5 nitrogen and oxygen atoms in total. The van der Waals surface area contributed by atoms with Gasteiger partial charge in [0, 0.05) is 19.3 Å². The molecular formula is C16H26O5. The molecule has 0 aromatic rings. The molecule has 5 heteroatoms. The van der Waals surface area contributed by atoms with Crippen molar-refractivity contribution in [2.24, 2.45) is 0 Å². The summed E-state index contributed by atoms with van der Waals surface area (Å²) in [5.74, 6) is -2.10. The number of carboxylic acid groups (broad SMARTS) is 1. The van der Waals surface area contributed by atoms with Crippen molar-refractivity contribution in [3.63, 3.8) is 0 Å². The van der Waals surface area contributed by atoms with E-state index in [1.54, 1.807) is 0 Å². The molecule has 0 aromatic carbocycles. The Morgan fingerprint density at radius 1 is 0.810 bits per heavy atom. The fraction of sp³-hybridized carbons (Fsp3) is 0.688. The molecule has 0 unspecified atom stereocenters. The van der Waals surface area contributed by atoms with Crippen LogP contribution >= 0.6 is 0 Å². The van der Waals surface area contributed by atoms with Crippen molar-refractivity contribution in [3.05, 3.63) is 12.7 Å². The first-order chi connectivity index (χ1) is 10.1. The number of aliphatic carboxylic acids is 1. The van der Waals surface area contributed by atoms with Gasteiger partial charge in [0.1, 0.15) is 0 Å². The number of esters is 2. The van der Waals surface area contributed by atoms with Gasteiger partial charge in [-0.25, -0.2) is 0 Å². The Balaban J connectivity index is 3.42. The number of unbranched alkanes of at least 4 members (excludes halogenated alkanes) is 6. The van der Waals surface area contributed by atoms with Gasteiger partial charge >= 0.3 is 17.9 Å². The van der Waals surface area contributed by atoms with Gasteiger partial charge in [-0.05, 0) is 25.7 Å². The van der Waals surface area contributed by atoms with Gasteiger partial charge < -0.3 is 9.84 Å². The molecule has 0 bridgehead atoms. The Hall–Kier alpha value is -1.65. The fourth-order valence-electron chi connectivity index (χ4n) is 1.88. The number of hydrogen-bond acceptors (Lipinski definition) is 4. The number of carbonyl (C=O) groups excluding carboxylic acids is 2. The van der Waals surface area contributed by atoms with Gasteiger partial charge in [-0.2, -0.15) is 0 Å². The molecular weight excluding hydrogens is 272 g/mol. The quantitative estimate of drug-likeness (QED) is 0.243. The van der Waals surface area contributed by atoms with Crippen LogP contribution in [0.4, 0.5) is 0 Å². The van der Waals surface area contributed by atoms with E-state index in [0.29, 0.717) is 0 Å². The second kappa shape index (κ2) is 13.3. The highest BCUT2D eigenvalue weighted by molar-refractivity contribution is 5.85. The molecule has 0 radical (unpaired) electrons. The minimum atomic E-state index is -0.956. The Kier molecular flexibility index (Phi) is 12.3. The molecule has 0 aliphatic carbocycles. The molecule has 1 N–H and O–H groups in total. The highest BCUT2D eigenvalue weighted by atomic mass is 16.6. The van der Waals surface area contributed by atoms with Crippen molar-refractivity contribution in [1.29, 1.82) is 0 Å². The van der Waals surface area contributed by atoms with Crippen LogP contribution in [0.1, 0.15) is 70.6 Å². The number of ether oxygens (including phenoxy) is 1. The van der Waals surface area contributed by atoms with E-state index in [0.717, 1.165) is 38.5 Å². The summed E-state index contributed by atoms with van der Waals surface area (Å²) in [6.07, 6.45) is 9.56. The maximum absolute atomic E-state index is 11.4. The zero-order valence-electron chi connectivity index (χ0n) is 12.6. The molecule has 0 fully saturated rings. The lowest BCUT2D eigenvalue weighted by atomic mass is 10.1. The average Bonchev–Trinajstić information content (AvgIpc) is 2.41. The van der Waals surface area contributed by atoms with Gasteiger partial charge in [0.25, 0.3) is 0 Å². The summed E-state index contributed by atoms with van der Waals surface area (Å²) in [4.78, 5) is 32.8. The Morgan fingerprint density at radius 2 is 1.33 bits per heavy atom. The van der Waals surface area contributed by atoms with E-state index in [4.69, 9.17) is 5.11 Å². The second-order valence-electron chi connectivity index (χ2n) is 5.04. The average molecular weight is 298 g/mol. The van der Waals surface area contributed by atoms with Gasteiger partial charge in [-0.15, -0.1) is 6.58 Å². The number of carboxylic acids is 1. The summed E-state index contributed by atoms with van der Waals surface area (Å²) in [7, 11) is 0. The zero-order chi connectivity index (χ0) is 15.9. The predicted octanol–water partition coefficient (Wildman–Crippen LogP) is 3.62. The van der Waals surface area contributed by atoms with E-state index >= 15 is 0 Å². The van der Waals surface area contributed by atoms with Crippen LogP contribution in [0.25, 0.3) is 0 Å². The van der Waals surface area contributed by atoms with E-state index < -0.39 is 17.9 Å². The van der Waals surface area contributed by atoms with E-state index in [1.165, 1.54) is 6.42 Å². The number of hydrogen-bond donors (Lipinski definition) is 1. The van der Waals surface area contributed by atoms with Crippen LogP contribution in [0.3, 0.4) is 0 Å². The molecule has 21 heavy (non-hydrogen) atoms. The lowest BCUT2D eigenvalue weighted by molar-refractivity contribution is -0.159. The van der Waals surface area contributed by atoms with Crippen LogP contribution in [0.5, 0.6) is 0 Å². The van der Waals surface area contributed by atoms with Gasteiger partial charge in [0.2, 0.25) is 0 Å². The van der Waals surface area contributed by atoms with Gasteiger partial charge in [-0.3, -0.25) is 14.4 Å². The predicted molar refractivity (Wildman–Crippen MR) is 79.7 cm³/mol. The second-order valence-corrected chi connectivity index (χ2v) is 5.04. The topological polar surface area (TPSA) is 80.7 Å². The molecule has 0 atom stereocenters. The van der Waals surface area contributed by atoms with Crippen LogP contribution in [-0.4, -0.2) is 23.0 Å². The molecule has 0 aromatic heterocycles. The van der Waals surface area contributed by atoms with Crippen LogP contribution in [0.15, 0.2) is 12.7 Å². The third-order valence-electron chi connectivity index (χ3n) is 3.04. The van der Waals surface area contributed by atoms with Crippen molar-refractivity contribution in [2.75, 3.05) is 0 Å². The standard InChI is InChI=1S/C16H26O5/c1-2-3-4-5-6-7-8-9-12-15(19)21-16(20)13-10-11-14(17)18/h2H,1,3-13H2,(H,17,18). The van der Waals surface area contributed by atoms with E-state index in [1.807, 2.05) is 6.08 Å². The smallest absolute Gasteiger partial charge is 0.313 e. The lowest BCUT2D eigenvalue weighted by Gasteiger charge is -2.03. The highest BCUT2D eigenvalue weighted by Crippen LogP contribution is 2.09. The SMILES string of the molecule is C=CCCCCCCCCC(=O)OC(=O)CCCC(=O)O. The van der Waals surface area contributed by atoms with Crippen molar-refractivity contribution >= 4 is 17.9 Å². The highest BCUT2D eigenvalue weighted by Gasteiger charge is 2.10. The largest absolute Gasteiger partial charge is 0.481 e. The zero-order valence-corrected chi connectivity index (χ0v) is 12.6. The lowest BCUT2D eigenvalue weighted by Crippen LogP contribution is -2.12. The molecule has 0 saturated carbocycles. The number of allylic oxidation sites excluding steroid dienone is 1. The summed E-state index contributed by atoms with van der Waals surface area (Å²) in [5.41, 5.74) is 0. The normalized spacial score (nSPS) is 10.1. The Labute approximate surface area is 126 Å². The summed E-state index contributed by atoms with van der Waals surface area (Å²) in [5, 5.41) is 8.42. The van der Waals surface area contributed by atoms with Crippen molar-refractivity contribution in [3.8, 4) is 0 Å². The minimum absolute atomic E-state index is 0.0264. The Morgan fingerprint density at radius 3 is 1.90 bits per heavy atom. The molecule has 0 amide bonds. The van der Waals surface area contributed by atoms with E-state index in [9.17, 15) is 14.4 Å². The molecule has 0 aliphatic heterocycles. The monoisotopic (exact) mass is 298 g/mol. The first-order valence-corrected chi connectivity index (χ1v) is 7.62. The summed E-state index contributed by atoms with van der Waals surface area (Å²) < 4.78 is 4.61. The summed E-state index contributed by atoms with van der Waals surface area (Å²) in [6.45, 7) is 3.67. The third kappa shape index (κ3) is 14.6. The number of rotatable bonds is 13. The van der Waals surface area contributed by atoms with Crippen molar-refractivity contribution in [2.45, 2.75) is 70.6 Å². The fourth-order valence-corrected chi connectivity index (χ4v) is 1.88. The van der Waals surface area contributed by atoms with Crippen molar-refractivity contribution < 1.29 is 24.2 Å². The molecule has 0 aliphatic rings. The van der Waals surface area contributed by atoms with Crippen LogP contribution < -0.4 is 0 Å². The first-order valence-electron chi connectivity index (χ1n) is 7.62. The molecule has 0 spiro atoms. The number of carbonyl (C=O) groups is 3. The van der Waals surface area contributed by atoms with E-state index in [2.05, 4.69) is 11.3 Å². The molecule has 120 valence electrons. The maximum atomic E-state index is 11.4.